The number of carbonyl (C=O) groups is 2. The largest absolute Gasteiger partial charge is 0.478 e. The Morgan fingerprint density at radius 1 is 0.500 bits per heavy atom. The van der Waals surface area contributed by atoms with Crippen molar-refractivity contribution in [3.63, 3.8) is 0 Å². The van der Waals surface area contributed by atoms with E-state index in [0.717, 1.165) is 0 Å². The molecule has 136 valence electrons. The van der Waals surface area contributed by atoms with Crippen LogP contribution in [-0.4, -0.2) is 22.2 Å². The summed E-state index contributed by atoms with van der Waals surface area (Å²) in [6.45, 7) is 0. The van der Waals surface area contributed by atoms with E-state index < -0.39 is 11.9 Å². The van der Waals surface area contributed by atoms with Crippen LogP contribution in [0, 0.1) is 0 Å². The van der Waals surface area contributed by atoms with Crippen molar-refractivity contribution in [2.75, 3.05) is 0 Å². The van der Waals surface area contributed by atoms with E-state index in [-0.39, 0.29) is 11.1 Å². The number of carboxylic acid groups (broad SMARTS) is 2. The van der Waals surface area contributed by atoms with E-state index in [1.165, 1.54) is 0 Å². The van der Waals surface area contributed by atoms with Crippen LogP contribution < -0.4 is 0 Å². The minimum absolute atomic E-state index is 0.102. The smallest absolute Gasteiger partial charge is 0.336 e. The zero-order chi connectivity index (χ0) is 19.7. The molecule has 4 heteroatoms. The van der Waals surface area contributed by atoms with Crippen molar-refractivity contribution < 1.29 is 19.8 Å². The zero-order valence-corrected chi connectivity index (χ0v) is 14.8. The van der Waals surface area contributed by atoms with Crippen molar-refractivity contribution in [3.05, 3.63) is 96.1 Å². The van der Waals surface area contributed by atoms with Gasteiger partial charge in [0.15, 0.2) is 0 Å². The van der Waals surface area contributed by atoms with Crippen LogP contribution in [0.1, 0.15) is 20.7 Å². The molecule has 0 saturated heterocycles. The van der Waals surface area contributed by atoms with Gasteiger partial charge in [0.2, 0.25) is 0 Å². The van der Waals surface area contributed by atoms with Crippen LogP contribution in [0.5, 0.6) is 0 Å². The molecule has 0 aliphatic heterocycles. The van der Waals surface area contributed by atoms with Crippen LogP contribution >= 0.6 is 0 Å². The summed E-state index contributed by atoms with van der Waals surface area (Å²) in [4.78, 5) is 24.7. The molecule has 4 aromatic rings. The molecule has 0 spiro atoms. The SMILES string of the molecule is O=C(O)c1c(-c2ccccc2)c(-c2ccccc2)c(C(=O)O)c2ccccc12. The standard InChI is InChI=1S/C24H16O4/c25-23(26)21-17-13-7-8-14-18(17)22(24(27)28)20(16-11-5-2-6-12-16)19(21)15-9-3-1-4-10-15/h1-14H,(H,25,26)(H,27,28). The molecular formula is C24H16O4. The zero-order valence-electron chi connectivity index (χ0n) is 14.8. The number of fused-ring (bicyclic) bond motifs is 1. The van der Waals surface area contributed by atoms with Gasteiger partial charge in [-0.1, -0.05) is 84.9 Å². The van der Waals surface area contributed by atoms with Crippen LogP contribution in [0.2, 0.25) is 0 Å². The van der Waals surface area contributed by atoms with Gasteiger partial charge in [0.25, 0.3) is 0 Å². The summed E-state index contributed by atoms with van der Waals surface area (Å²) in [6.07, 6.45) is 0. The van der Waals surface area contributed by atoms with E-state index in [1.54, 1.807) is 48.5 Å². The Labute approximate surface area is 161 Å². The van der Waals surface area contributed by atoms with Gasteiger partial charge in [-0.15, -0.1) is 0 Å². The molecule has 0 atom stereocenters. The molecule has 0 amide bonds. The molecule has 4 rings (SSSR count). The van der Waals surface area contributed by atoms with Gasteiger partial charge in [-0.2, -0.15) is 0 Å². The third kappa shape index (κ3) is 2.81. The molecule has 0 radical (unpaired) electrons. The minimum Gasteiger partial charge on any atom is -0.478 e. The molecule has 0 fully saturated rings. The lowest BCUT2D eigenvalue weighted by Crippen LogP contribution is -2.09. The predicted octanol–water partition coefficient (Wildman–Crippen LogP) is 5.57. The van der Waals surface area contributed by atoms with Gasteiger partial charge < -0.3 is 10.2 Å². The molecule has 4 aromatic carbocycles. The van der Waals surface area contributed by atoms with Crippen molar-refractivity contribution in [3.8, 4) is 22.3 Å². The van der Waals surface area contributed by atoms with Crippen LogP contribution in [0.3, 0.4) is 0 Å². The Morgan fingerprint density at radius 2 is 0.821 bits per heavy atom. The summed E-state index contributed by atoms with van der Waals surface area (Å²) in [5, 5.41) is 21.0. The fourth-order valence-corrected chi connectivity index (χ4v) is 3.67. The second-order valence-electron chi connectivity index (χ2n) is 6.39. The molecule has 2 N–H and O–H groups in total. The number of hydrogen-bond donors (Lipinski definition) is 2. The van der Waals surface area contributed by atoms with Crippen LogP contribution in [0.25, 0.3) is 33.0 Å². The molecular weight excluding hydrogens is 352 g/mol. The van der Waals surface area contributed by atoms with E-state index in [4.69, 9.17) is 0 Å². The highest BCUT2D eigenvalue weighted by atomic mass is 16.4. The number of benzene rings is 4. The Balaban J connectivity index is 2.32. The first-order valence-electron chi connectivity index (χ1n) is 8.75. The van der Waals surface area contributed by atoms with E-state index in [1.807, 2.05) is 36.4 Å². The highest BCUT2D eigenvalue weighted by molar-refractivity contribution is 6.21. The van der Waals surface area contributed by atoms with Crippen molar-refractivity contribution in [1.82, 2.24) is 0 Å². The van der Waals surface area contributed by atoms with Crippen molar-refractivity contribution in [1.29, 1.82) is 0 Å². The second-order valence-corrected chi connectivity index (χ2v) is 6.39. The van der Waals surface area contributed by atoms with Gasteiger partial charge >= 0.3 is 11.9 Å². The summed E-state index contributed by atoms with van der Waals surface area (Å²) < 4.78 is 0. The van der Waals surface area contributed by atoms with E-state index >= 15 is 0 Å². The van der Waals surface area contributed by atoms with Crippen LogP contribution in [0.15, 0.2) is 84.9 Å². The van der Waals surface area contributed by atoms with Gasteiger partial charge in [-0.05, 0) is 21.9 Å². The lowest BCUT2D eigenvalue weighted by Gasteiger charge is -2.20. The molecule has 0 saturated carbocycles. The van der Waals surface area contributed by atoms with Gasteiger partial charge in [0.1, 0.15) is 0 Å². The predicted molar refractivity (Wildman–Crippen MR) is 109 cm³/mol. The fourth-order valence-electron chi connectivity index (χ4n) is 3.67. The van der Waals surface area contributed by atoms with E-state index in [9.17, 15) is 19.8 Å². The Hall–Kier alpha value is -3.92. The second kappa shape index (κ2) is 7.00. The van der Waals surface area contributed by atoms with E-state index in [2.05, 4.69) is 0 Å². The Kier molecular flexibility index (Phi) is 4.38. The minimum atomic E-state index is -1.09. The van der Waals surface area contributed by atoms with Gasteiger partial charge in [0.05, 0.1) is 11.1 Å². The quantitative estimate of drug-likeness (QED) is 0.494. The van der Waals surface area contributed by atoms with Crippen molar-refractivity contribution >= 4 is 22.7 Å². The number of carboxylic acids is 2. The number of rotatable bonds is 4. The Bertz CT molecular complexity index is 1100. The molecule has 0 unspecified atom stereocenters. The summed E-state index contributed by atoms with van der Waals surface area (Å²) >= 11 is 0. The maximum Gasteiger partial charge on any atom is 0.336 e. The number of aromatic carboxylic acids is 2. The fraction of sp³-hybridized carbons (Fsp3) is 0. The first-order valence-corrected chi connectivity index (χ1v) is 8.75. The van der Waals surface area contributed by atoms with Gasteiger partial charge in [0, 0.05) is 11.1 Å². The molecule has 0 heterocycles. The molecule has 0 aliphatic carbocycles. The third-order valence-corrected chi connectivity index (χ3v) is 4.77. The number of hydrogen-bond acceptors (Lipinski definition) is 2. The normalized spacial score (nSPS) is 10.7. The highest BCUT2D eigenvalue weighted by Crippen LogP contribution is 2.43. The average Bonchev–Trinajstić information content (AvgIpc) is 2.72. The van der Waals surface area contributed by atoms with Crippen LogP contribution in [0.4, 0.5) is 0 Å². The molecule has 0 bridgehead atoms. The monoisotopic (exact) mass is 368 g/mol. The lowest BCUT2D eigenvalue weighted by molar-refractivity contribution is 0.0685. The molecule has 0 aromatic heterocycles. The van der Waals surface area contributed by atoms with Gasteiger partial charge in [-0.25, -0.2) is 9.59 Å². The highest BCUT2D eigenvalue weighted by Gasteiger charge is 2.27. The maximum absolute atomic E-state index is 12.3. The summed E-state index contributed by atoms with van der Waals surface area (Å²) in [5.41, 5.74) is 2.35. The topological polar surface area (TPSA) is 74.6 Å². The van der Waals surface area contributed by atoms with Crippen molar-refractivity contribution in [2.45, 2.75) is 0 Å². The van der Waals surface area contributed by atoms with Crippen molar-refractivity contribution in [2.24, 2.45) is 0 Å². The third-order valence-electron chi connectivity index (χ3n) is 4.77. The summed E-state index contributed by atoms with van der Waals surface area (Å²) in [6, 6.07) is 24.9. The molecule has 0 aliphatic rings. The first kappa shape index (κ1) is 17.5. The summed E-state index contributed by atoms with van der Waals surface area (Å²) in [7, 11) is 0. The maximum atomic E-state index is 12.3. The average molecular weight is 368 g/mol. The molecule has 28 heavy (non-hydrogen) atoms. The Morgan fingerprint density at radius 3 is 1.14 bits per heavy atom. The lowest BCUT2D eigenvalue weighted by atomic mass is 9.83. The summed E-state index contributed by atoms with van der Waals surface area (Å²) in [5.74, 6) is -2.19. The van der Waals surface area contributed by atoms with E-state index in [0.29, 0.717) is 33.0 Å². The first-order chi connectivity index (χ1) is 13.6. The molecule has 4 nitrogen and oxygen atoms in total. The van der Waals surface area contributed by atoms with Gasteiger partial charge in [-0.3, -0.25) is 0 Å². The van der Waals surface area contributed by atoms with Crippen LogP contribution in [-0.2, 0) is 0 Å².